The molecule has 1 saturated carbocycles. The van der Waals surface area contributed by atoms with Crippen LogP contribution in [0.3, 0.4) is 0 Å². The summed E-state index contributed by atoms with van der Waals surface area (Å²) in [6.45, 7) is 4.37. The molecule has 4 heterocycles. The van der Waals surface area contributed by atoms with E-state index in [2.05, 4.69) is 10.2 Å². The van der Waals surface area contributed by atoms with E-state index in [9.17, 15) is 14.4 Å². The maximum absolute atomic E-state index is 12.9. The molecule has 1 aromatic rings. The minimum atomic E-state index is -0.588. The molecular formula is C24H29N3O5. The third-order valence-corrected chi connectivity index (χ3v) is 7.94. The number of hydrogen-bond donors (Lipinski definition) is 1. The molecule has 5 atom stereocenters. The lowest BCUT2D eigenvalue weighted by Crippen LogP contribution is -2.52. The van der Waals surface area contributed by atoms with Gasteiger partial charge < -0.3 is 14.4 Å². The van der Waals surface area contributed by atoms with Gasteiger partial charge in [-0.15, -0.1) is 0 Å². The van der Waals surface area contributed by atoms with Gasteiger partial charge in [0.15, 0.2) is 0 Å². The Morgan fingerprint density at radius 2 is 1.84 bits per heavy atom. The number of fused-ring (bicyclic) bond motifs is 2. The summed E-state index contributed by atoms with van der Waals surface area (Å²) in [5.41, 5.74) is 1.51. The smallest absolute Gasteiger partial charge is 0.255 e. The monoisotopic (exact) mass is 439 g/mol. The fourth-order valence-corrected chi connectivity index (χ4v) is 6.25. The van der Waals surface area contributed by atoms with Crippen molar-refractivity contribution in [3.63, 3.8) is 0 Å². The molecule has 170 valence electrons. The number of imide groups is 1. The second-order valence-electron chi connectivity index (χ2n) is 9.88. The van der Waals surface area contributed by atoms with Crippen molar-refractivity contribution in [1.29, 1.82) is 0 Å². The molecule has 0 radical (unpaired) electrons. The van der Waals surface area contributed by atoms with Crippen molar-refractivity contribution in [3.8, 4) is 5.75 Å². The molecular weight excluding hydrogens is 410 g/mol. The van der Waals surface area contributed by atoms with E-state index >= 15 is 0 Å². The molecule has 8 nitrogen and oxygen atoms in total. The Hall–Kier alpha value is -2.45. The Balaban J connectivity index is 1.14. The highest BCUT2D eigenvalue weighted by Gasteiger charge is 2.44. The SMILES string of the molecule is O=C1CCC(N2Cc3cc(O[C@@H]4CCC[C@@H]4N4C[C@H]5COC[C@H]5C4)ccc3C2=O)C(=O)N1. The summed E-state index contributed by atoms with van der Waals surface area (Å²) in [7, 11) is 0. The fraction of sp³-hybridized carbons (Fsp3) is 0.625. The van der Waals surface area contributed by atoms with E-state index < -0.39 is 6.04 Å². The number of benzene rings is 1. The van der Waals surface area contributed by atoms with Crippen molar-refractivity contribution in [2.45, 2.75) is 56.8 Å². The van der Waals surface area contributed by atoms with Crippen LogP contribution < -0.4 is 10.1 Å². The normalized spacial score (nSPS) is 34.7. The first-order valence-corrected chi connectivity index (χ1v) is 11.8. The second kappa shape index (κ2) is 7.85. The van der Waals surface area contributed by atoms with Gasteiger partial charge in [-0.1, -0.05) is 0 Å². The van der Waals surface area contributed by atoms with Crippen molar-refractivity contribution < 1.29 is 23.9 Å². The number of likely N-dealkylation sites (tertiary alicyclic amines) is 1. The molecule has 4 aliphatic heterocycles. The first-order valence-electron chi connectivity index (χ1n) is 11.8. The molecule has 6 rings (SSSR count). The lowest BCUT2D eigenvalue weighted by atomic mass is 10.0. The molecule has 8 heteroatoms. The molecule has 3 amide bonds. The first kappa shape index (κ1) is 20.2. The predicted molar refractivity (Wildman–Crippen MR) is 114 cm³/mol. The summed E-state index contributed by atoms with van der Waals surface area (Å²) in [5, 5.41) is 2.35. The van der Waals surface area contributed by atoms with E-state index in [4.69, 9.17) is 9.47 Å². The van der Waals surface area contributed by atoms with Crippen LogP contribution in [-0.2, 0) is 20.9 Å². The number of piperidine rings is 1. The zero-order valence-electron chi connectivity index (χ0n) is 18.1. The Labute approximate surface area is 187 Å². The Bertz CT molecular complexity index is 953. The van der Waals surface area contributed by atoms with Crippen LogP contribution >= 0.6 is 0 Å². The van der Waals surface area contributed by atoms with Crippen molar-refractivity contribution in [2.75, 3.05) is 26.3 Å². The maximum atomic E-state index is 12.9. The Morgan fingerprint density at radius 1 is 1.03 bits per heavy atom. The zero-order chi connectivity index (χ0) is 21.8. The zero-order valence-corrected chi connectivity index (χ0v) is 18.1. The molecule has 0 aromatic heterocycles. The van der Waals surface area contributed by atoms with E-state index in [0.717, 1.165) is 50.5 Å². The molecule has 1 aliphatic carbocycles. The number of nitrogens with one attached hydrogen (secondary N) is 1. The van der Waals surface area contributed by atoms with E-state index in [0.29, 0.717) is 36.4 Å². The summed E-state index contributed by atoms with van der Waals surface area (Å²) >= 11 is 0. The van der Waals surface area contributed by atoms with Gasteiger partial charge in [-0.2, -0.15) is 0 Å². The van der Waals surface area contributed by atoms with Crippen molar-refractivity contribution in [3.05, 3.63) is 29.3 Å². The topological polar surface area (TPSA) is 88.2 Å². The van der Waals surface area contributed by atoms with Crippen LogP contribution in [0.25, 0.3) is 0 Å². The lowest BCUT2D eigenvalue weighted by Gasteiger charge is -2.30. The van der Waals surface area contributed by atoms with Crippen molar-refractivity contribution in [1.82, 2.24) is 15.1 Å². The first-order chi connectivity index (χ1) is 15.6. The van der Waals surface area contributed by atoms with Gasteiger partial charge in [-0.3, -0.25) is 24.6 Å². The average Bonchev–Trinajstić information content (AvgIpc) is 3.52. The molecule has 0 bridgehead atoms. The van der Waals surface area contributed by atoms with Gasteiger partial charge in [0.05, 0.1) is 13.2 Å². The fourth-order valence-electron chi connectivity index (χ4n) is 6.25. The molecule has 0 spiro atoms. The number of amides is 3. The average molecular weight is 440 g/mol. The van der Waals surface area contributed by atoms with Gasteiger partial charge in [-0.05, 0) is 49.4 Å². The van der Waals surface area contributed by atoms with Crippen molar-refractivity contribution in [2.24, 2.45) is 11.8 Å². The molecule has 5 aliphatic rings. The van der Waals surface area contributed by atoms with E-state index in [1.807, 2.05) is 18.2 Å². The third kappa shape index (κ3) is 3.40. The number of nitrogens with zero attached hydrogens (tertiary/aromatic N) is 2. The van der Waals surface area contributed by atoms with Gasteiger partial charge in [0.25, 0.3) is 5.91 Å². The van der Waals surface area contributed by atoms with Crippen LogP contribution in [0.4, 0.5) is 0 Å². The summed E-state index contributed by atoms with van der Waals surface area (Å²) in [4.78, 5) is 40.8. The minimum absolute atomic E-state index is 0.148. The summed E-state index contributed by atoms with van der Waals surface area (Å²) in [6, 6.07) is 5.51. The molecule has 1 aromatic carbocycles. The highest BCUT2D eigenvalue weighted by molar-refractivity contribution is 6.05. The van der Waals surface area contributed by atoms with E-state index in [1.165, 1.54) is 6.42 Å². The number of hydrogen-bond acceptors (Lipinski definition) is 6. The van der Waals surface area contributed by atoms with Gasteiger partial charge in [0.1, 0.15) is 17.9 Å². The summed E-state index contributed by atoms with van der Waals surface area (Å²) in [5.74, 6) is 1.33. The van der Waals surface area contributed by atoms with E-state index in [-0.39, 0.29) is 30.2 Å². The van der Waals surface area contributed by atoms with E-state index in [1.54, 1.807) is 4.90 Å². The molecule has 32 heavy (non-hydrogen) atoms. The summed E-state index contributed by atoms with van der Waals surface area (Å²) in [6.07, 6.45) is 4.18. The number of rotatable bonds is 4. The number of carbonyl (C=O) groups excluding carboxylic acids is 3. The van der Waals surface area contributed by atoms with Crippen LogP contribution in [-0.4, -0.2) is 72.0 Å². The Morgan fingerprint density at radius 3 is 2.62 bits per heavy atom. The number of carbonyl (C=O) groups is 3. The molecule has 4 fully saturated rings. The molecule has 3 saturated heterocycles. The molecule has 1 N–H and O–H groups in total. The highest BCUT2D eigenvalue weighted by atomic mass is 16.5. The van der Waals surface area contributed by atoms with Crippen molar-refractivity contribution >= 4 is 17.7 Å². The van der Waals surface area contributed by atoms with Gasteiger partial charge >= 0.3 is 0 Å². The second-order valence-corrected chi connectivity index (χ2v) is 9.88. The third-order valence-electron chi connectivity index (χ3n) is 7.94. The van der Waals surface area contributed by atoms with Gasteiger partial charge in [-0.25, -0.2) is 0 Å². The van der Waals surface area contributed by atoms with Crippen LogP contribution in [0, 0.1) is 11.8 Å². The number of ether oxygens (including phenoxy) is 2. The minimum Gasteiger partial charge on any atom is -0.489 e. The Kier molecular flexibility index (Phi) is 4.95. The predicted octanol–water partition coefficient (Wildman–Crippen LogP) is 1.33. The van der Waals surface area contributed by atoms with Gasteiger partial charge in [0, 0.05) is 49.5 Å². The van der Waals surface area contributed by atoms with Crippen LogP contribution in [0.5, 0.6) is 5.75 Å². The standard InChI is InChI=1S/C24H29N3O5/c28-22-7-6-20(23(29)25-22)27-11-14-8-17(4-5-18(14)24(27)30)32-21-3-1-2-19(21)26-9-15-12-31-13-16(15)10-26/h4-5,8,15-16,19-21H,1-3,6-7,9-13H2,(H,25,28,29)/t15-,16+,19-,20?,21+/m0/s1. The van der Waals surface area contributed by atoms with Crippen LogP contribution in [0.2, 0.25) is 0 Å². The highest BCUT2D eigenvalue weighted by Crippen LogP contribution is 2.37. The van der Waals surface area contributed by atoms with Gasteiger partial charge in [0.2, 0.25) is 11.8 Å². The lowest BCUT2D eigenvalue weighted by molar-refractivity contribution is -0.136. The largest absolute Gasteiger partial charge is 0.489 e. The quantitative estimate of drug-likeness (QED) is 0.712. The maximum Gasteiger partial charge on any atom is 0.255 e. The van der Waals surface area contributed by atoms with Crippen LogP contribution in [0.1, 0.15) is 48.0 Å². The molecule has 1 unspecified atom stereocenters. The summed E-state index contributed by atoms with van der Waals surface area (Å²) < 4.78 is 12.1. The van der Waals surface area contributed by atoms with Crippen LogP contribution in [0.15, 0.2) is 18.2 Å².